The van der Waals surface area contributed by atoms with Crippen molar-refractivity contribution in [3.8, 4) is 0 Å². The molecule has 0 amide bonds. The van der Waals surface area contributed by atoms with Crippen molar-refractivity contribution in [1.82, 2.24) is 5.32 Å². The summed E-state index contributed by atoms with van der Waals surface area (Å²) in [4.78, 5) is 0. The van der Waals surface area contributed by atoms with Gasteiger partial charge in [0, 0.05) is 6.54 Å². The number of rotatable bonds is 6. The highest BCUT2D eigenvalue weighted by atomic mass is 14.9. The van der Waals surface area contributed by atoms with Crippen molar-refractivity contribution >= 4 is 0 Å². The fourth-order valence-corrected chi connectivity index (χ4v) is 2.29. The van der Waals surface area contributed by atoms with E-state index < -0.39 is 0 Å². The molecule has 0 saturated heterocycles. The predicted octanol–water partition coefficient (Wildman–Crippen LogP) is 2.98. The Hall–Kier alpha value is -0.300. The van der Waals surface area contributed by atoms with E-state index in [-0.39, 0.29) is 0 Å². The van der Waals surface area contributed by atoms with Gasteiger partial charge in [0.2, 0.25) is 0 Å². The summed E-state index contributed by atoms with van der Waals surface area (Å²) in [5.74, 6) is 3.18. The first kappa shape index (κ1) is 10.2. The lowest BCUT2D eigenvalue weighted by Crippen LogP contribution is -2.25. The van der Waals surface area contributed by atoms with E-state index in [9.17, 15) is 0 Å². The van der Waals surface area contributed by atoms with Gasteiger partial charge in [0.25, 0.3) is 0 Å². The van der Waals surface area contributed by atoms with E-state index in [0.717, 1.165) is 24.3 Å². The van der Waals surface area contributed by atoms with Gasteiger partial charge in [-0.1, -0.05) is 11.6 Å². The normalized spacial score (nSPS) is 21.4. The molecule has 2 fully saturated rings. The molecular weight excluding hydrogens is 170 g/mol. The van der Waals surface area contributed by atoms with Gasteiger partial charge in [-0.05, 0) is 63.8 Å². The highest BCUT2D eigenvalue weighted by Crippen LogP contribution is 2.48. The van der Waals surface area contributed by atoms with E-state index in [0.29, 0.717) is 0 Å². The Morgan fingerprint density at radius 3 is 2.21 bits per heavy atom. The molecule has 1 heteroatoms. The van der Waals surface area contributed by atoms with Crippen LogP contribution in [-0.4, -0.2) is 13.1 Å². The molecule has 14 heavy (non-hydrogen) atoms. The lowest BCUT2D eigenvalue weighted by atomic mass is 9.98. The van der Waals surface area contributed by atoms with Crippen LogP contribution < -0.4 is 5.32 Å². The van der Waals surface area contributed by atoms with Crippen molar-refractivity contribution in [3.05, 3.63) is 11.6 Å². The van der Waals surface area contributed by atoms with Crippen LogP contribution in [0.25, 0.3) is 0 Å². The molecule has 0 unspecified atom stereocenters. The van der Waals surface area contributed by atoms with E-state index in [1.807, 2.05) is 0 Å². The molecule has 0 aromatic heterocycles. The van der Waals surface area contributed by atoms with Crippen molar-refractivity contribution < 1.29 is 0 Å². The predicted molar refractivity (Wildman–Crippen MR) is 61.2 cm³/mol. The van der Waals surface area contributed by atoms with E-state index in [1.165, 1.54) is 37.8 Å². The summed E-state index contributed by atoms with van der Waals surface area (Å²) < 4.78 is 0. The molecule has 0 aromatic rings. The largest absolute Gasteiger partial charge is 0.313 e. The first-order valence-corrected chi connectivity index (χ1v) is 6.11. The van der Waals surface area contributed by atoms with Crippen molar-refractivity contribution in [2.75, 3.05) is 13.1 Å². The van der Waals surface area contributed by atoms with Gasteiger partial charge in [-0.3, -0.25) is 0 Å². The average Bonchev–Trinajstić information content (AvgIpc) is 2.99. The maximum Gasteiger partial charge on any atom is 0.0137 e. The maximum absolute atomic E-state index is 3.58. The second kappa shape index (κ2) is 4.48. The van der Waals surface area contributed by atoms with Gasteiger partial charge in [-0.15, -0.1) is 0 Å². The summed E-state index contributed by atoms with van der Waals surface area (Å²) in [6.07, 6.45) is 8.31. The minimum Gasteiger partial charge on any atom is -0.313 e. The van der Waals surface area contributed by atoms with Crippen LogP contribution in [0, 0.1) is 17.8 Å². The topological polar surface area (TPSA) is 12.0 Å². The summed E-state index contributed by atoms with van der Waals surface area (Å²) in [5.41, 5.74) is 1.42. The molecule has 0 radical (unpaired) electrons. The number of allylic oxidation sites excluding steroid dienone is 1. The Bertz CT molecular complexity index is 195. The summed E-state index contributed by atoms with van der Waals surface area (Å²) in [6, 6.07) is 0. The highest BCUT2D eigenvalue weighted by Gasteiger charge is 2.40. The average molecular weight is 193 g/mol. The third-order valence-electron chi connectivity index (χ3n) is 3.49. The van der Waals surface area contributed by atoms with Crippen LogP contribution >= 0.6 is 0 Å². The molecule has 0 spiro atoms. The minimum atomic E-state index is 1.01. The molecule has 80 valence electrons. The summed E-state index contributed by atoms with van der Waals surface area (Å²) in [5, 5.41) is 3.58. The van der Waals surface area contributed by atoms with Crippen LogP contribution in [0.1, 0.15) is 39.5 Å². The lowest BCUT2D eigenvalue weighted by molar-refractivity contribution is 0.386. The smallest absolute Gasteiger partial charge is 0.0137 e. The monoisotopic (exact) mass is 193 g/mol. The molecule has 2 aliphatic rings. The van der Waals surface area contributed by atoms with Crippen LogP contribution in [0.3, 0.4) is 0 Å². The van der Waals surface area contributed by atoms with Gasteiger partial charge in [-0.25, -0.2) is 0 Å². The first-order chi connectivity index (χ1) is 6.77. The molecule has 2 aliphatic carbocycles. The zero-order valence-electron chi connectivity index (χ0n) is 9.55. The van der Waals surface area contributed by atoms with E-state index in [4.69, 9.17) is 0 Å². The molecule has 2 saturated carbocycles. The fourth-order valence-electron chi connectivity index (χ4n) is 2.29. The zero-order valence-corrected chi connectivity index (χ0v) is 9.55. The van der Waals surface area contributed by atoms with Crippen LogP contribution in [0.5, 0.6) is 0 Å². The molecule has 0 heterocycles. The molecule has 0 bridgehead atoms. The third-order valence-corrected chi connectivity index (χ3v) is 3.49. The Kier molecular flexibility index (Phi) is 3.27. The standard InChI is InChI=1S/C13H23N/c1-10(2)7-8-14-9-13(11-3-4-11)12-5-6-12/h7,11-14H,3-6,8-9H2,1-2H3. The van der Waals surface area contributed by atoms with Gasteiger partial charge in [0.1, 0.15) is 0 Å². The third kappa shape index (κ3) is 3.13. The fraction of sp³-hybridized carbons (Fsp3) is 0.846. The van der Waals surface area contributed by atoms with Gasteiger partial charge in [0.05, 0.1) is 0 Å². The van der Waals surface area contributed by atoms with Crippen molar-refractivity contribution in [1.29, 1.82) is 0 Å². The van der Waals surface area contributed by atoms with Gasteiger partial charge >= 0.3 is 0 Å². The zero-order chi connectivity index (χ0) is 9.97. The van der Waals surface area contributed by atoms with Crippen LogP contribution in [0.4, 0.5) is 0 Å². The van der Waals surface area contributed by atoms with E-state index in [1.54, 1.807) is 0 Å². The molecule has 0 atom stereocenters. The molecule has 0 aromatic carbocycles. The molecule has 1 N–H and O–H groups in total. The quantitative estimate of drug-likeness (QED) is 0.505. The summed E-state index contributed by atoms with van der Waals surface area (Å²) >= 11 is 0. The first-order valence-electron chi connectivity index (χ1n) is 6.11. The Labute approximate surface area is 88.0 Å². The maximum atomic E-state index is 3.58. The Balaban J connectivity index is 1.64. The van der Waals surface area contributed by atoms with E-state index in [2.05, 4.69) is 25.2 Å². The highest BCUT2D eigenvalue weighted by molar-refractivity contribution is 4.96. The van der Waals surface area contributed by atoms with Crippen molar-refractivity contribution in [2.45, 2.75) is 39.5 Å². The lowest BCUT2D eigenvalue weighted by Gasteiger charge is -2.15. The van der Waals surface area contributed by atoms with Gasteiger partial charge in [-0.2, -0.15) is 0 Å². The van der Waals surface area contributed by atoms with Crippen molar-refractivity contribution in [2.24, 2.45) is 17.8 Å². The number of hydrogen-bond acceptors (Lipinski definition) is 1. The number of hydrogen-bond donors (Lipinski definition) is 1. The van der Waals surface area contributed by atoms with Gasteiger partial charge < -0.3 is 5.32 Å². The Morgan fingerprint density at radius 2 is 1.79 bits per heavy atom. The van der Waals surface area contributed by atoms with Gasteiger partial charge in [0.15, 0.2) is 0 Å². The summed E-state index contributed by atoms with van der Waals surface area (Å²) in [6.45, 7) is 6.67. The van der Waals surface area contributed by atoms with Crippen molar-refractivity contribution in [3.63, 3.8) is 0 Å². The van der Waals surface area contributed by atoms with E-state index >= 15 is 0 Å². The summed E-state index contributed by atoms with van der Waals surface area (Å²) in [7, 11) is 0. The minimum absolute atomic E-state index is 1.01. The molecule has 0 aliphatic heterocycles. The Morgan fingerprint density at radius 1 is 1.21 bits per heavy atom. The molecule has 2 rings (SSSR count). The van der Waals surface area contributed by atoms with Crippen LogP contribution in [-0.2, 0) is 0 Å². The van der Waals surface area contributed by atoms with Crippen LogP contribution in [0.15, 0.2) is 11.6 Å². The molecular formula is C13H23N. The number of nitrogens with one attached hydrogen (secondary N) is 1. The second-order valence-corrected chi connectivity index (χ2v) is 5.28. The SMILES string of the molecule is CC(C)=CCNCC(C1CC1)C1CC1. The second-order valence-electron chi connectivity index (χ2n) is 5.28. The van der Waals surface area contributed by atoms with Crippen LogP contribution in [0.2, 0.25) is 0 Å². The molecule has 1 nitrogen and oxygen atoms in total.